The minimum absolute atomic E-state index is 0.0873. The van der Waals surface area contributed by atoms with Gasteiger partial charge < -0.3 is 9.47 Å². The number of pyridine rings is 1. The van der Waals surface area contributed by atoms with E-state index < -0.39 is 0 Å². The van der Waals surface area contributed by atoms with Gasteiger partial charge in [0.15, 0.2) is 0 Å². The van der Waals surface area contributed by atoms with Gasteiger partial charge in [0.05, 0.1) is 24.9 Å². The number of hydrogen-bond acceptors (Lipinski definition) is 5. The van der Waals surface area contributed by atoms with E-state index in [1.54, 1.807) is 19.5 Å². The molecule has 0 radical (unpaired) electrons. The Bertz CT molecular complexity index is 474. The van der Waals surface area contributed by atoms with Crippen molar-refractivity contribution in [3.05, 3.63) is 24.0 Å². The molecule has 3 N–H and O–H groups in total. The third-order valence-corrected chi connectivity index (χ3v) is 5.07. The van der Waals surface area contributed by atoms with Crippen molar-refractivity contribution in [2.45, 2.75) is 50.2 Å². The van der Waals surface area contributed by atoms with E-state index in [1.165, 1.54) is 25.7 Å². The predicted octanol–water partition coefficient (Wildman–Crippen LogP) is 2.33. The Balaban J connectivity index is 1.82. The van der Waals surface area contributed by atoms with E-state index in [-0.39, 0.29) is 11.6 Å². The van der Waals surface area contributed by atoms with Gasteiger partial charge in [-0.25, -0.2) is 0 Å². The Kier molecular flexibility index (Phi) is 4.42. The molecule has 1 aromatic rings. The van der Waals surface area contributed by atoms with Gasteiger partial charge in [-0.1, -0.05) is 12.8 Å². The molecule has 2 aliphatic rings. The van der Waals surface area contributed by atoms with Crippen LogP contribution in [0.25, 0.3) is 0 Å². The number of nitrogens with one attached hydrogen (secondary N) is 1. The zero-order chi connectivity index (χ0) is 14.7. The molecule has 2 unspecified atom stereocenters. The molecule has 0 bridgehead atoms. The fourth-order valence-corrected chi connectivity index (χ4v) is 4.02. The molecule has 2 fully saturated rings. The molecule has 5 nitrogen and oxygen atoms in total. The van der Waals surface area contributed by atoms with E-state index in [0.29, 0.717) is 5.92 Å². The third-order valence-electron chi connectivity index (χ3n) is 5.07. The van der Waals surface area contributed by atoms with E-state index >= 15 is 0 Å². The molecule has 116 valence electrons. The van der Waals surface area contributed by atoms with Crippen LogP contribution < -0.4 is 16.0 Å². The Morgan fingerprint density at radius 3 is 3.00 bits per heavy atom. The third kappa shape index (κ3) is 2.91. The standard InChI is InChI=1S/C16H25N3O2/c1-20-14-11-18-8-4-13(14)15(19-17)12-5-9-21-16(10-12)6-2-3-7-16/h4,8,11-12,15,19H,2-3,5-7,9-10,17H2,1H3. The predicted molar refractivity (Wildman–Crippen MR) is 80.7 cm³/mol. The molecule has 2 atom stereocenters. The van der Waals surface area contributed by atoms with Crippen molar-refractivity contribution in [1.82, 2.24) is 10.4 Å². The summed E-state index contributed by atoms with van der Waals surface area (Å²) in [5.74, 6) is 7.15. The van der Waals surface area contributed by atoms with E-state index in [2.05, 4.69) is 10.4 Å². The summed E-state index contributed by atoms with van der Waals surface area (Å²) in [5.41, 5.74) is 4.19. The molecule has 2 heterocycles. The summed E-state index contributed by atoms with van der Waals surface area (Å²) < 4.78 is 11.6. The van der Waals surface area contributed by atoms with Gasteiger partial charge in [-0.15, -0.1) is 0 Å². The lowest BCUT2D eigenvalue weighted by molar-refractivity contribution is -0.0983. The van der Waals surface area contributed by atoms with E-state index in [1.807, 2.05) is 6.07 Å². The summed E-state index contributed by atoms with van der Waals surface area (Å²) in [6.45, 7) is 0.830. The first-order valence-corrected chi connectivity index (χ1v) is 7.86. The van der Waals surface area contributed by atoms with Gasteiger partial charge >= 0.3 is 0 Å². The number of nitrogens with zero attached hydrogens (tertiary/aromatic N) is 1. The number of methoxy groups -OCH3 is 1. The highest BCUT2D eigenvalue weighted by molar-refractivity contribution is 5.33. The quantitative estimate of drug-likeness (QED) is 0.658. The number of aromatic nitrogens is 1. The lowest BCUT2D eigenvalue weighted by Crippen LogP contribution is -2.43. The Labute approximate surface area is 126 Å². The Morgan fingerprint density at radius 1 is 1.48 bits per heavy atom. The van der Waals surface area contributed by atoms with Crippen LogP contribution >= 0.6 is 0 Å². The molecule has 1 aliphatic carbocycles. The lowest BCUT2D eigenvalue weighted by Gasteiger charge is -2.41. The molecule has 1 spiro atoms. The van der Waals surface area contributed by atoms with Crippen LogP contribution in [0.15, 0.2) is 18.5 Å². The number of ether oxygens (including phenoxy) is 2. The second-order valence-electron chi connectivity index (χ2n) is 6.25. The second kappa shape index (κ2) is 6.30. The topological polar surface area (TPSA) is 69.4 Å². The number of hydrazine groups is 1. The van der Waals surface area contributed by atoms with Crippen LogP contribution in [-0.4, -0.2) is 24.3 Å². The van der Waals surface area contributed by atoms with Gasteiger partial charge in [0.1, 0.15) is 5.75 Å². The van der Waals surface area contributed by atoms with Crippen molar-refractivity contribution >= 4 is 0 Å². The number of nitrogens with two attached hydrogens (primary N) is 1. The van der Waals surface area contributed by atoms with E-state index in [0.717, 1.165) is 30.8 Å². The second-order valence-corrected chi connectivity index (χ2v) is 6.25. The van der Waals surface area contributed by atoms with Crippen molar-refractivity contribution in [1.29, 1.82) is 0 Å². The summed E-state index contributed by atoms with van der Waals surface area (Å²) >= 11 is 0. The van der Waals surface area contributed by atoms with Crippen molar-refractivity contribution in [2.24, 2.45) is 11.8 Å². The molecule has 1 aromatic heterocycles. The monoisotopic (exact) mass is 291 g/mol. The van der Waals surface area contributed by atoms with Crippen LogP contribution in [0.1, 0.15) is 50.1 Å². The molecular formula is C16H25N3O2. The van der Waals surface area contributed by atoms with Gasteiger partial charge in [0.25, 0.3) is 0 Å². The molecule has 1 aliphatic heterocycles. The number of rotatable bonds is 4. The van der Waals surface area contributed by atoms with E-state index in [4.69, 9.17) is 15.3 Å². The minimum atomic E-state index is 0.0873. The van der Waals surface area contributed by atoms with Crippen LogP contribution in [0.2, 0.25) is 0 Å². The fraction of sp³-hybridized carbons (Fsp3) is 0.688. The van der Waals surface area contributed by atoms with Crippen LogP contribution in [0.3, 0.4) is 0 Å². The van der Waals surface area contributed by atoms with Crippen molar-refractivity contribution in [3.8, 4) is 5.75 Å². The van der Waals surface area contributed by atoms with Gasteiger partial charge in [0, 0.05) is 18.4 Å². The first kappa shape index (κ1) is 14.8. The summed E-state index contributed by atoms with van der Waals surface area (Å²) in [6.07, 6.45) is 10.6. The van der Waals surface area contributed by atoms with Gasteiger partial charge in [0.2, 0.25) is 0 Å². The summed E-state index contributed by atoms with van der Waals surface area (Å²) in [4.78, 5) is 4.13. The highest BCUT2D eigenvalue weighted by atomic mass is 16.5. The van der Waals surface area contributed by atoms with Gasteiger partial charge in [-0.05, 0) is 37.7 Å². The van der Waals surface area contributed by atoms with Gasteiger partial charge in [-0.2, -0.15) is 0 Å². The fourth-order valence-electron chi connectivity index (χ4n) is 4.02. The highest BCUT2D eigenvalue weighted by Crippen LogP contribution is 2.46. The van der Waals surface area contributed by atoms with E-state index in [9.17, 15) is 0 Å². The lowest BCUT2D eigenvalue weighted by atomic mass is 9.79. The zero-order valence-electron chi connectivity index (χ0n) is 12.7. The molecule has 0 amide bonds. The molecule has 1 saturated heterocycles. The molecule has 5 heteroatoms. The van der Waals surface area contributed by atoms with Crippen LogP contribution in [0, 0.1) is 5.92 Å². The zero-order valence-corrected chi connectivity index (χ0v) is 12.7. The first-order valence-electron chi connectivity index (χ1n) is 7.86. The Morgan fingerprint density at radius 2 is 2.29 bits per heavy atom. The normalized spacial score (nSPS) is 25.9. The minimum Gasteiger partial charge on any atom is -0.495 e. The average Bonchev–Trinajstić information content (AvgIpc) is 2.96. The molecule has 1 saturated carbocycles. The van der Waals surface area contributed by atoms with Crippen molar-refractivity contribution in [2.75, 3.05) is 13.7 Å². The van der Waals surface area contributed by atoms with Crippen molar-refractivity contribution < 1.29 is 9.47 Å². The van der Waals surface area contributed by atoms with Crippen LogP contribution in [0.5, 0.6) is 5.75 Å². The van der Waals surface area contributed by atoms with Crippen LogP contribution in [0.4, 0.5) is 0 Å². The maximum atomic E-state index is 6.13. The highest BCUT2D eigenvalue weighted by Gasteiger charge is 2.42. The molecule has 21 heavy (non-hydrogen) atoms. The molecule has 3 rings (SSSR count). The van der Waals surface area contributed by atoms with Crippen molar-refractivity contribution in [3.63, 3.8) is 0 Å². The molecular weight excluding hydrogens is 266 g/mol. The smallest absolute Gasteiger partial charge is 0.141 e. The van der Waals surface area contributed by atoms with Gasteiger partial charge in [-0.3, -0.25) is 16.3 Å². The summed E-state index contributed by atoms with van der Waals surface area (Å²) in [5, 5.41) is 0. The largest absolute Gasteiger partial charge is 0.495 e. The summed E-state index contributed by atoms with van der Waals surface area (Å²) in [6, 6.07) is 2.09. The Hall–Kier alpha value is -1.17. The summed E-state index contributed by atoms with van der Waals surface area (Å²) in [7, 11) is 1.68. The maximum absolute atomic E-state index is 6.13. The van der Waals surface area contributed by atoms with Crippen LogP contribution in [-0.2, 0) is 4.74 Å². The number of hydrogen-bond donors (Lipinski definition) is 2. The first-order chi connectivity index (χ1) is 10.3. The average molecular weight is 291 g/mol. The SMILES string of the molecule is COc1cnccc1C(NN)C1CCOC2(CCCC2)C1. The maximum Gasteiger partial charge on any atom is 0.141 e. The molecule has 0 aromatic carbocycles.